The highest BCUT2D eigenvalue weighted by atomic mass is 16.5. The Balaban J connectivity index is 1.90. The lowest BCUT2D eigenvalue weighted by molar-refractivity contribution is -0.197. The zero-order valence-corrected chi connectivity index (χ0v) is 6.73. The van der Waals surface area contributed by atoms with Crippen LogP contribution in [0.2, 0.25) is 0 Å². The maximum absolute atomic E-state index is 11.4. The molecule has 0 aromatic rings. The summed E-state index contributed by atoms with van der Waals surface area (Å²) in [6, 6.07) is 0. The van der Waals surface area contributed by atoms with Crippen LogP contribution < -0.4 is 0 Å². The molecule has 66 valence electrons. The van der Waals surface area contributed by atoms with Gasteiger partial charge in [0.15, 0.2) is 0 Å². The van der Waals surface area contributed by atoms with Crippen molar-refractivity contribution >= 4 is 12.2 Å². The topological polar surface area (TPSA) is 46.6 Å². The monoisotopic (exact) mass is 169 g/mol. The van der Waals surface area contributed by atoms with E-state index in [-0.39, 0.29) is 18.1 Å². The molecule has 0 aliphatic carbocycles. The highest BCUT2D eigenvalue weighted by Gasteiger charge is 2.44. The first kappa shape index (κ1) is 7.73. The summed E-state index contributed by atoms with van der Waals surface area (Å²) in [6.07, 6.45) is 2.19. The van der Waals surface area contributed by atoms with Crippen molar-refractivity contribution in [3.63, 3.8) is 0 Å². The lowest BCUT2D eigenvalue weighted by Gasteiger charge is -2.45. The average Bonchev–Trinajstić information content (AvgIpc) is 2.00. The third kappa shape index (κ3) is 1.12. The summed E-state index contributed by atoms with van der Waals surface area (Å²) in [4.78, 5) is 23.2. The van der Waals surface area contributed by atoms with E-state index in [1.165, 1.54) is 0 Å². The fourth-order valence-electron chi connectivity index (χ4n) is 1.69. The van der Waals surface area contributed by atoms with Gasteiger partial charge in [0.2, 0.25) is 0 Å². The van der Waals surface area contributed by atoms with Crippen LogP contribution in [0.5, 0.6) is 0 Å². The minimum atomic E-state index is -0.199. The predicted octanol–water partition coefficient (Wildman–Crippen LogP) is -0.425. The van der Waals surface area contributed by atoms with Gasteiger partial charge >= 0.3 is 0 Å². The number of aldehydes is 1. The van der Waals surface area contributed by atoms with Crippen molar-refractivity contribution in [3.05, 3.63) is 0 Å². The number of amides is 1. The van der Waals surface area contributed by atoms with Crippen LogP contribution in [0.15, 0.2) is 0 Å². The first-order valence-electron chi connectivity index (χ1n) is 4.19. The van der Waals surface area contributed by atoms with Crippen molar-refractivity contribution in [1.82, 2.24) is 4.90 Å². The number of carbonyl (C=O) groups excluding carboxylic acids is 2. The lowest BCUT2D eigenvalue weighted by Crippen LogP contribution is -2.60. The Labute approximate surface area is 70.5 Å². The molecule has 0 spiro atoms. The van der Waals surface area contributed by atoms with Crippen molar-refractivity contribution in [3.8, 4) is 0 Å². The SMILES string of the molecule is O=CCCN1CC2CC(O2)C1=O. The lowest BCUT2D eigenvalue weighted by atomic mass is 9.98. The van der Waals surface area contributed by atoms with E-state index in [9.17, 15) is 9.59 Å². The Hall–Kier alpha value is -0.900. The van der Waals surface area contributed by atoms with Crippen LogP contribution in [0.3, 0.4) is 0 Å². The maximum atomic E-state index is 11.4. The molecule has 2 bridgehead atoms. The molecule has 0 aromatic heterocycles. The van der Waals surface area contributed by atoms with Crippen LogP contribution in [0, 0.1) is 0 Å². The summed E-state index contributed by atoms with van der Waals surface area (Å²) in [5.74, 6) is 0.0550. The molecule has 0 N–H and O–H groups in total. The summed E-state index contributed by atoms with van der Waals surface area (Å²) in [5, 5.41) is 0. The molecule has 4 heteroatoms. The van der Waals surface area contributed by atoms with E-state index in [4.69, 9.17) is 4.74 Å². The first-order chi connectivity index (χ1) is 5.81. The summed E-state index contributed by atoms with van der Waals surface area (Å²) < 4.78 is 5.22. The number of nitrogens with zero attached hydrogens (tertiary/aromatic N) is 1. The fourth-order valence-corrected chi connectivity index (χ4v) is 1.69. The third-order valence-electron chi connectivity index (χ3n) is 2.36. The van der Waals surface area contributed by atoms with Gasteiger partial charge in [0.1, 0.15) is 12.4 Å². The Morgan fingerprint density at radius 3 is 3.00 bits per heavy atom. The van der Waals surface area contributed by atoms with Gasteiger partial charge in [-0.1, -0.05) is 0 Å². The predicted molar refractivity (Wildman–Crippen MR) is 40.5 cm³/mol. The molecule has 3 rings (SSSR count). The molecular formula is C8H11NO3. The molecule has 3 aliphatic heterocycles. The second-order valence-electron chi connectivity index (χ2n) is 3.22. The van der Waals surface area contributed by atoms with Gasteiger partial charge in [-0.25, -0.2) is 0 Å². The van der Waals surface area contributed by atoms with Crippen molar-refractivity contribution in [2.45, 2.75) is 25.0 Å². The van der Waals surface area contributed by atoms with E-state index in [1.807, 2.05) is 0 Å². The average molecular weight is 169 g/mol. The molecule has 3 saturated heterocycles. The second kappa shape index (κ2) is 2.86. The van der Waals surface area contributed by atoms with Crippen LogP contribution in [0.4, 0.5) is 0 Å². The van der Waals surface area contributed by atoms with E-state index in [1.54, 1.807) is 4.90 Å². The van der Waals surface area contributed by atoms with E-state index < -0.39 is 0 Å². The number of fused-ring (bicyclic) bond motifs is 2. The molecule has 0 radical (unpaired) electrons. The molecule has 3 aliphatic rings. The Bertz CT molecular complexity index is 210. The smallest absolute Gasteiger partial charge is 0.251 e. The molecule has 0 saturated carbocycles. The molecule has 3 heterocycles. The van der Waals surface area contributed by atoms with Gasteiger partial charge in [-0.2, -0.15) is 0 Å². The summed E-state index contributed by atoms with van der Waals surface area (Å²) in [6.45, 7) is 1.22. The van der Waals surface area contributed by atoms with Crippen molar-refractivity contribution in [2.75, 3.05) is 13.1 Å². The van der Waals surface area contributed by atoms with Gasteiger partial charge in [0.05, 0.1) is 6.10 Å². The molecule has 12 heavy (non-hydrogen) atoms. The van der Waals surface area contributed by atoms with Crippen LogP contribution in [-0.4, -0.2) is 42.4 Å². The van der Waals surface area contributed by atoms with Crippen LogP contribution in [-0.2, 0) is 14.3 Å². The van der Waals surface area contributed by atoms with Crippen LogP contribution in [0.1, 0.15) is 12.8 Å². The number of hydrogen-bond acceptors (Lipinski definition) is 3. The van der Waals surface area contributed by atoms with Gasteiger partial charge in [-0.15, -0.1) is 0 Å². The molecule has 2 atom stereocenters. The van der Waals surface area contributed by atoms with E-state index in [2.05, 4.69) is 0 Å². The Morgan fingerprint density at radius 2 is 2.42 bits per heavy atom. The quantitative estimate of drug-likeness (QED) is 0.539. The Kier molecular flexibility index (Phi) is 1.84. The van der Waals surface area contributed by atoms with E-state index >= 15 is 0 Å². The van der Waals surface area contributed by atoms with Crippen LogP contribution >= 0.6 is 0 Å². The van der Waals surface area contributed by atoms with Gasteiger partial charge in [-0.3, -0.25) is 4.79 Å². The van der Waals surface area contributed by atoms with Gasteiger partial charge in [-0.05, 0) is 0 Å². The van der Waals surface area contributed by atoms with Crippen molar-refractivity contribution in [1.29, 1.82) is 0 Å². The van der Waals surface area contributed by atoms with E-state index in [0.29, 0.717) is 19.5 Å². The minimum Gasteiger partial charge on any atom is -0.363 e. The maximum Gasteiger partial charge on any atom is 0.251 e. The summed E-state index contributed by atoms with van der Waals surface area (Å²) >= 11 is 0. The summed E-state index contributed by atoms with van der Waals surface area (Å²) in [7, 11) is 0. The van der Waals surface area contributed by atoms with Crippen LogP contribution in [0.25, 0.3) is 0 Å². The molecule has 0 aromatic carbocycles. The normalized spacial score (nSPS) is 33.0. The largest absolute Gasteiger partial charge is 0.363 e. The third-order valence-corrected chi connectivity index (χ3v) is 2.36. The molecule has 1 amide bonds. The molecule has 2 unspecified atom stereocenters. The fraction of sp³-hybridized carbons (Fsp3) is 0.750. The van der Waals surface area contributed by atoms with Crippen molar-refractivity contribution < 1.29 is 14.3 Å². The van der Waals surface area contributed by atoms with Gasteiger partial charge in [0, 0.05) is 25.9 Å². The zero-order chi connectivity index (χ0) is 8.55. The number of hydrogen-bond donors (Lipinski definition) is 0. The second-order valence-corrected chi connectivity index (χ2v) is 3.22. The molecule has 4 nitrogen and oxygen atoms in total. The van der Waals surface area contributed by atoms with Gasteiger partial charge < -0.3 is 14.4 Å². The highest BCUT2D eigenvalue weighted by Crippen LogP contribution is 2.28. The van der Waals surface area contributed by atoms with Crippen molar-refractivity contribution in [2.24, 2.45) is 0 Å². The molecular weight excluding hydrogens is 158 g/mol. The zero-order valence-electron chi connectivity index (χ0n) is 6.73. The standard InChI is InChI=1S/C8H11NO3/c10-3-1-2-9-5-6-4-7(12-6)8(9)11/h3,6-7H,1-2,4-5H2. The number of ether oxygens (including phenoxy) is 1. The number of morpholine rings is 1. The van der Waals surface area contributed by atoms with E-state index in [0.717, 1.165) is 12.7 Å². The summed E-state index contributed by atoms with van der Waals surface area (Å²) in [5.41, 5.74) is 0. The number of rotatable bonds is 3. The molecule has 3 fully saturated rings. The van der Waals surface area contributed by atoms with Gasteiger partial charge in [0.25, 0.3) is 5.91 Å². The number of piperidine rings is 1. The first-order valence-corrected chi connectivity index (χ1v) is 4.19. The Morgan fingerprint density at radius 1 is 1.67 bits per heavy atom. The highest BCUT2D eigenvalue weighted by molar-refractivity contribution is 5.83. The number of carbonyl (C=O) groups is 2. The minimum absolute atomic E-state index is 0.0550.